The van der Waals surface area contributed by atoms with Gasteiger partial charge in [-0.3, -0.25) is 0 Å². The lowest BCUT2D eigenvalue weighted by atomic mass is 9.94. The molecule has 0 aliphatic carbocycles. The molecule has 1 aromatic heterocycles. The lowest BCUT2D eigenvalue weighted by molar-refractivity contribution is 0.219. The fraction of sp³-hybridized carbons (Fsp3) is 0.267. The Bertz CT molecular complexity index is 558. The second kappa shape index (κ2) is 4.78. The van der Waals surface area contributed by atoms with Crippen molar-refractivity contribution in [3.05, 3.63) is 58.3 Å². The van der Waals surface area contributed by atoms with Gasteiger partial charge in [0.15, 0.2) is 0 Å². The van der Waals surface area contributed by atoms with Gasteiger partial charge in [0.2, 0.25) is 0 Å². The molecule has 0 fully saturated rings. The van der Waals surface area contributed by atoms with Crippen molar-refractivity contribution in [2.75, 3.05) is 5.73 Å². The van der Waals surface area contributed by atoms with Crippen LogP contribution in [0.25, 0.3) is 0 Å². The van der Waals surface area contributed by atoms with Gasteiger partial charge in [-0.1, -0.05) is 23.8 Å². The molecule has 2 aromatic rings. The van der Waals surface area contributed by atoms with E-state index in [2.05, 4.69) is 11.1 Å². The van der Waals surface area contributed by atoms with Gasteiger partial charge in [-0.25, -0.2) is 4.98 Å². The van der Waals surface area contributed by atoms with Crippen molar-refractivity contribution < 1.29 is 5.11 Å². The summed E-state index contributed by atoms with van der Waals surface area (Å²) < 4.78 is 0. The molecule has 1 atom stereocenters. The summed E-state index contributed by atoms with van der Waals surface area (Å²) >= 11 is 0. The molecule has 0 bridgehead atoms. The summed E-state index contributed by atoms with van der Waals surface area (Å²) in [7, 11) is 0. The number of nitrogens with two attached hydrogens (primary N) is 1. The quantitative estimate of drug-likeness (QED) is 0.851. The van der Waals surface area contributed by atoms with Gasteiger partial charge in [-0.2, -0.15) is 0 Å². The van der Waals surface area contributed by atoms with E-state index in [1.165, 1.54) is 5.56 Å². The van der Waals surface area contributed by atoms with Crippen LogP contribution in [0.2, 0.25) is 0 Å². The van der Waals surface area contributed by atoms with Gasteiger partial charge in [-0.15, -0.1) is 0 Å². The van der Waals surface area contributed by atoms with Crippen LogP contribution in [-0.4, -0.2) is 10.1 Å². The highest BCUT2D eigenvalue weighted by atomic mass is 16.3. The highest BCUT2D eigenvalue weighted by Gasteiger charge is 2.18. The van der Waals surface area contributed by atoms with Gasteiger partial charge in [0.1, 0.15) is 11.9 Å². The number of pyridine rings is 1. The number of anilines is 1. The fourth-order valence-electron chi connectivity index (χ4n) is 2.23. The third kappa shape index (κ3) is 2.22. The number of aliphatic hydroxyl groups is 1. The molecule has 0 amide bonds. The van der Waals surface area contributed by atoms with Crippen molar-refractivity contribution >= 4 is 5.82 Å². The smallest absolute Gasteiger partial charge is 0.129 e. The van der Waals surface area contributed by atoms with Crippen molar-refractivity contribution in [3.8, 4) is 0 Å². The SMILES string of the molecule is Cc1ccc(C(O)c2c(C)ccnc2N)c(C)c1. The van der Waals surface area contributed by atoms with Crippen LogP contribution in [-0.2, 0) is 0 Å². The Morgan fingerprint density at radius 2 is 1.83 bits per heavy atom. The van der Waals surface area contributed by atoms with E-state index in [0.29, 0.717) is 11.4 Å². The third-order valence-electron chi connectivity index (χ3n) is 3.23. The molecule has 3 heteroatoms. The average molecular weight is 242 g/mol. The summed E-state index contributed by atoms with van der Waals surface area (Å²) in [5.41, 5.74) is 10.6. The van der Waals surface area contributed by atoms with E-state index in [1.54, 1.807) is 6.20 Å². The standard InChI is InChI=1S/C15H18N2O/c1-9-4-5-12(11(3)8-9)14(18)13-10(2)6-7-17-15(13)16/h4-8,14,18H,1-3H3,(H2,16,17). The Morgan fingerprint density at radius 1 is 1.11 bits per heavy atom. The number of nitrogen functional groups attached to an aromatic ring is 1. The van der Waals surface area contributed by atoms with Gasteiger partial charge in [-0.05, 0) is 43.5 Å². The first-order valence-corrected chi connectivity index (χ1v) is 5.97. The molecule has 0 aliphatic rings. The molecule has 18 heavy (non-hydrogen) atoms. The second-order valence-electron chi connectivity index (χ2n) is 4.69. The van der Waals surface area contributed by atoms with Crippen LogP contribution in [0.15, 0.2) is 30.5 Å². The molecule has 1 heterocycles. The molecule has 0 aliphatic heterocycles. The van der Waals surface area contributed by atoms with Crippen molar-refractivity contribution in [1.82, 2.24) is 4.98 Å². The molecule has 3 nitrogen and oxygen atoms in total. The van der Waals surface area contributed by atoms with E-state index in [-0.39, 0.29) is 0 Å². The third-order valence-corrected chi connectivity index (χ3v) is 3.23. The molecule has 3 N–H and O–H groups in total. The van der Waals surface area contributed by atoms with Gasteiger partial charge < -0.3 is 10.8 Å². The summed E-state index contributed by atoms with van der Waals surface area (Å²) in [5.74, 6) is 0.391. The molecular formula is C15H18N2O. The summed E-state index contributed by atoms with van der Waals surface area (Å²) in [6.45, 7) is 5.96. The first kappa shape index (κ1) is 12.6. The highest BCUT2D eigenvalue weighted by molar-refractivity contribution is 5.50. The number of rotatable bonds is 2. The number of aliphatic hydroxyl groups excluding tert-OH is 1. The zero-order valence-corrected chi connectivity index (χ0v) is 10.9. The number of nitrogens with zero attached hydrogens (tertiary/aromatic N) is 1. The lowest BCUT2D eigenvalue weighted by Crippen LogP contribution is -2.09. The maximum absolute atomic E-state index is 10.5. The molecule has 0 radical (unpaired) electrons. The Balaban J connectivity index is 2.51. The largest absolute Gasteiger partial charge is 0.383 e. The van der Waals surface area contributed by atoms with E-state index in [9.17, 15) is 5.11 Å². The predicted molar refractivity (Wildman–Crippen MR) is 73.4 cm³/mol. The summed E-state index contributed by atoms with van der Waals surface area (Å²) in [5, 5.41) is 10.5. The van der Waals surface area contributed by atoms with Crippen LogP contribution in [0.1, 0.15) is 33.9 Å². The average Bonchev–Trinajstić information content (AvgIpc) is 2.28. The van der Waals surface area contributed by atoms with Crippen LogP contribution in [0, 0.1) is 20.8 Å². The minimum absolute atomic E-state index is 0.391. The highest BCUT2D eigenvalue weighted by Crippen LogP contribution is 2.30. The molecule has 0 spiro atoms. The minimum Gasteiger partial charge on any atom is -0.383 e. The molecule has 2 rings (SSSR count). The lowest BCUT2D eigenvalue weighted by Gasteiger charge is -2.18. The van der Waals surface area contributed by atoms with Crippen LogP contribution in [0.4, 0.5) is 5.82 Å². The summed E-state index contributed by atoms with van der Waals surface area (Å²) in [6.07, 6.45) is 0.933. The van der Waals surface area contributed by atoms with Crippen LogP contribution in [0.5, 0.6) is 0 Å². The van der Waals surface area contributed by atoms with Crippen LogP contribution in [0.3, 0.4) is 0 Å². The van der Waals surface area contributed by atoms with E-state index < -0.39 is 6.10 Å². The summed E-state index contributed by atoms with van der Waals surface area (Å²) in [4.78, 5) is 4.05. The van der Waals surface area contributed by atoms with Crippen LogP contribution < -0.4 is 5.73 Å². The van der Waals surface area contributed by atoms with Gasteiger partial charge >= 0.3 is 0 Å². The number of hydrogen-bond acceptors (Lipinski definition) is 3. The van der Waals surface area contributed by atoms with E-state index in [4.69, 9.17) is 5.73 Å². The van der Waals surface area contributed by atoms with Crippen molar-refractivity contribution in [1.29, 1.82) is 0 Å². The Kier molecular flexibility index (Phi) is 3.34. The van der Waals surface area contributed by atoms with Gasteiger partial charge in [0.25, 0.3) is 0 Å². The minimum atomic E-state index is -0.723. The predicted octanol–water partition coefficient (Wildman–Crippen LogP) is 2.67. The van der Waals surface area contributed by atoms with Crippen LogP contribution >= 0.6 is 0 Å². The maximum Gasteiger partial charge on any atom is 0.129 e. The van der Waals surface area contributed by atoms with E-state index >= 15 is 0 Å². The Labute approximate surface area is 107 Å². The van der Waals surface area contributed by atoms with Gasteiger partial charge in [0.05, 0.1) is 0 Å². The van der Waals surface area contributed by atoms with Crippen molar-refractivity contribution in [2.45, 2.75) is 26.9 Å². The first-order chi connectivity index (χ1) is 8.50. The number of benzene rings is 1. The van der Waals surface area contributed by atoms with Gasteiger partial charge in [0, 0.05) is 11.8 Å². The fourth-order valence-corrected chi connectivity index (χ4v) is 2.23. The normalized spacial score (nSPS) is 12.4. The topological polar surface area (TPSA) is 59.1 Å². The monoisotopic (exact) mass is 242 g/mol. The molecular weight excluding hydrogens is 224 g/mol. The Hall–Kier alpha value is -1.87. The van der Waals surface area contributed by atoms with Crippen molar-refractivity contribution in [2.24, 2.45) is 0 Å². The Morgan fingerprint density at radius 3 is 2.44 bits per heavy atom. The van der Waals surface area contributed by atoms with Crippen molar-refractivity contribution in [3.63, 3.8) is 0 Å². The second-order valence-corrected chi connectivity index (χ2v) is 4.69. The number of aryl methyl sites for hydroxylation is 3. The molecule has 0 saturated carbocycles. The molecule has 94 valence electrons. The zero-order chi connectivity index (χ0) is 13.3. The number of hydrogen-bond donors (Lipinski definition) is 2. The zero-order valence-electron chi connectivity index (χ0n) is 10.9. The molecule has 0 saturated heterocycles. The van der Waals surface area contributed by atoms with E-state index in [1.807, 2.05) is 39.0 Å². The molecule has 1 unspecified atom stereocenters. The maximum atomic E-state index is 10.5. The summed E-state index contributed by atoms with van der Waals surface area (Å²) in [6, 6.07) is 7.85. The van der Waals surface area contributed by atoms with E-state index in [0.717, 1.165) is 16.7 Å². The first-order valence-electron chi connectivity index (χ1n) is 5.97. The molecule has 1 aromatic carbocycles. The number of aromatic nitrogens is 1.